The van der Waals surface area contributed by atoms with Crippen LogP contribution in [-0.4, -0.2) is 0 Å². The SMILES string of the molecule is C=CC=CC(C)C(C)C1CC(C)C1. The first-order chi connectivity index (χ1) is 6.15. The molecule has 13 heavy (non-hydrogen) atoms. The van der Waals surface area contributed by atoms with E-state index in [-0.39, 0.29) is 0 Å². The molecule has 0 heterocycles. The van der Waals surface area contributed by atoms with E-state index in [1.807, 2.05) is 6.08 Å². The molecule has 1 aliphatic carbocycles. The molecular formula is C13H22. The molecule has 1 rings (SSSR count). The Balaban J connectivity index is 2.34. The number of hydrogen-bond acceptors (Lipinski definition) is 0. The van der Waals surface area contributed by atoms with Crippen molar-refractivity contribution in [2.75, 3.05) is 0 Å². The Morgan fingerprint density at radius 1 is 1.31 bits per heavy atom. The van der Waals surface area contributed by atoms with Gasteiger partial charge in [0.1, 0.15) is 0 Å². The maximum absolute atomic E-state index is 3.70. The van der Waals surface area contributed by atoms with Gasteiger partial charge in [0.05, 0.1) is 0 Å². The van der Waals surface area contributed by atoms with Crippen LogP contribution < -0.4 is 0 Å². The van der Waals surface area contributed by atoms with Crippen LogP contribution in [0.5, 0.6) is 0 Å². The van der Waals surface area contributed by atoms with Crippen molar-refractivity contribution >= 4 is 0 Å². The lowest BCUT2D eigenvalue weighted by atomic mass is 9.67. The van der Waals surface area contributed by atoms with Crippen molar-refractivity contribution < 1.29 is 0 Å². The molecule has 0 radical (unpaired) electrons. The molecule has 0 bridgehead atoms. The minimum atomic E-state index is 0.704. The molecule has 0 saturated heterocycles. The summed E-state index contributed by atoms with van der Waals surface area (Å²) in [5, 5.41) is 0. The molecule has 0 heteroatoms. The summed E-state index contributed by atoms with van der Waals surface area (Å²) in [6.07, 6.45) is 9.09. The lowest BCUT2D eigenvalue weighted by Gasteiger charge is -2.39. The molecule has 0 aliphatic heterocycles. The van der Waals surface area contributed by atoms with Crippen molar-refractivity contribution in [3.05, 3.63) is 24.8 Å². The molecule has 0 aromatic rings. The predicted molar refractivity (Wildman–Crippen MR) is 59.6 cm³/mol. The zero-order chi connectivity index (χ0) is 9.84. The number of allylic oxidation sites excluding steroid dienone is 3. The van der Waals surface area contributed by atoms with Gasteiger partial charge < -0.3 is 0 Å². The molecule has 1 fully saturated rings. The molecular weight excluding hydrogens is 156 g/mol. The van der Waals surface area contributed by atoms with Gasteiger partial charge in [-0.3, -0.25) is 0 Å². The highest BCUT2D eigenvalue weighted by molar-refractivity contribution is 5.01. The third-order valence-electron chi connectivity index (χ3n) is 3.53. The molecule has 0 N–H and O–H groups in total. The Morgan fingerprint density at radius 3 is 2.38 bits per heavy atom. The number of rotatable bonds is 4. The van der Waals surface area contributed by atoms with E-state index in [1.54, 1.807) is 0 Å². The summed E-state index contributed by atoms with van der Waals surface area (Å²) >= 11 is 0. The molecule has 2 unspecified atom stereocenters. The van der Waals surface area contributed by atoms with Crippen molar-refractivity contribution in [1.29, 1.82) is 0 Å². The van der Waals surface area contributed by atoms with E-state index in [0.29, 0.717) is 5.92 Å². The monoisotopic (exact) mass is 178 g/mol. The first kappa shape index (κ1) is 10.6. The van der Waals surface area contributed by atoms with Crippen LogP contribution in [0.15, 0.2) is 24.8 Å². The van der Waals surface area contributed by atoms with E-state index < -0.39 is 0 Å². The van der Waals surface area contributed by atoms with Crippen LogP contribution in [0.4, 0.5) is 0 Å². The summed E-state index contributed by atoms with van der Waals surface area (Å²) in [7, 11) is 0. The van der Waals surface area contributed by atoms with Crippen LogP contribution in [0, 0.1) is 23.7 Å². The minimum absolute atomic E-state index is 0.704. The van der Waals surface area contributed by atoms with Crippen molar-refractivity contribution in [2.45, 2.75) is 33.6 Å². The first-order valence-electron chi connectivity index (χ1n) is 5.44. The summed E-state index contributed by atoms with van der Waals surface area (Å²) in [6, 6.07) is 0. The van der Waals surface area contributed by atoms with Crippen LogP contribution in [-0.2, 0) is 0 Å². The van der Waals surface area contributed by atoms with Gasteiger partial charge in [-0.2, -0.15) is 0 Å². The first-order valence-corrected chi connectivity index (χ1v) is 5.44. The van der Waals surface area contributed by atoms with E-state index in [0.717, 1.165) is 17.8 Å². The molecule has 0 spiro atoms. The van der Waals surface area contributed by atoms with E-state index in [1.165, 1.54) is 12.8 Å². The molecule has 0 nitrogen and oxygen atoms in total. The lowest BCUT2D eigenvalue weighted by Crippen LogP contribution is -2.29. The largest absolute Gasteiger partial charge is 0.0991 e. The van der Waals surface area contributed by atoms with E-state index in [2.05, 4.69) is 39.5 Å². The van der Waals surface area contributed by atoms with Crippen LogP contribution >= 0.6 is 0 Å². The highest BCUT2D eigenvalue weighted by atomic mass is 14.4. The van der Waals surface area contributed by atoms with Crippen molar-refractivity contribution in [2.24, 2.45) is 23.7 Å². The zero-order valence-corrected chi connectivity index (χ0v) is 9.16. The zero-order valence-electron chi connectivity index (χ0n) is 9.16. The van der Waals surface area contributed by atoms with Crippen LogP contribution in [0.1, 0.15) is 33.6 Å². The molecule has 0 aromatic carbocycles. The Labute approximate surface area is 82.7 Å². The standard InChI is InChI=1S/C13H22/c1-5-6-7-11(3)12(4)13-8-10(2)9-13/h5-7,10-13H,1,8-9H2,2-4H3. The fourth-order valence-corrected chi connectivity index (χ4v) is 2.25. The molecule has 2 atom stereocenters. The summed E-state index contributed by atoms with van der Waals surface area (Å²) in [5.41, 5.74) is 0. The fraction of sp³-hybridized carbons (Fsp3) is 0.692. The maximum Gasteiger partial charge on any atom is -0.0230 e. The van der Waals surface area contributed by atoms with Gasteiger partial charge in [0, 0.05) is 0 Å². The normalized spacial score (nSPS) is 32.5. The predicted octanol–water partition coefficient (Wildman–Crippen LogP) is 4.05. The lowest BCUT2D eigenvalue weighted by molar-refractivity contribution is 0.125. The second kappa shape index (κ2) is 4.64. The molecule has 74 valence electrons. The Hall–Kier alpha value is -0.520. The maximum atomic E-state index is 3.70. The van der Waals surface area contributed by atoms with Gasteiger partial charge in [0.2, 0.25) is 0 Å². The number of hydrogen-bond donors (Lipinski definition) is 0. The third kappa shape index (κ3) is 2.72. The smallest absolute Gasteiger partial charge is 0.0230 e. The minimum Gasteiger partial charge on any atom is -0.0991 e. The fourth-order valence-electron chi connectivity index (χ4n) is 2.25. The van der Waals surface area contributed by atoms with Gasteiger partial charge in [0.25, 0.3) is 0 Å². The summed E-state index contributed by atoms with van der Waals surface area (Å²) in [5.74, 6) is 3.49. The van der Waals surface area contributed by atoms with Gasteiger partial charge in [0.15, 0.2) is 0 Å². The Morgan fingerprint density at radius 2 is 1.92 bits per heavy atom. The van der Waals surface area contributed by atoms with Crippen molar-refractivity contribution in [1.82, 2.24) is 0 Å². The van der Waals surface area contributed by atoms with Gasteiger partial charge in [-0.1, -0.05) is 45.6 Å². The molecule has 0 amide bonds. The topological polar surface area (TPSA) is 0 Å². The van der Waals surface area contributed by atoms with Gasteiger partial charge in [-0.15, -0.1) is 0 Å². The summed E-state index contributed by atoms with van der Waals surface area (Å²) in [6.45, 7) is 10.7. The summed E-state index contributed by atoms with van der Waals surface area (Å²) in [4.78, 5) is 0. The molecule has 0 aromatic heterocycles. The van der Waals surface area contributed by atoms with Crippen LogP contribution in [0.25, 0.3) is 0 Å². The van der Waals surface area contributed by atoms with E-state index >= 15 is 0 Å². The van der Waals surface area contributed by atoms with E-state index in [9.17, 15) is 0 Å². The van der Waals surface area contributed by atoms with Crippen molar-refractivity contribution in [3.63, 3.8) is 0 Å². The third-order valence-corrected chi connectivity index (χ3v) is 3.53. The highest BCUT2D eigenvalue weighted by Crippen LogP contribution is 2.41. The van der Waals surface area contributed by atoms with Gasteiger partial charge >= 0.3 is 0 Å². The van der Waals surface area contributed by atoms with Gasteiger partial charge in [-0.05, 0) is 36.5 Å². The van der Waals surface area contributed by atoms with Crippen molar-refractivity contribution in [3.8, 4) is 0 Å². The quantitative estimate of drug-likeness (QED) is 0.570. The van der Waals surface area contributed by atoms with E-state index in [4.69, 9.17) is 0 Å². The molecule has 1 saturated carbocycles. The van der Waals surface area contributed by atoms with Gasteiger partial charge in [-0.25, -0.2) is 0 Å². The average Bonchev–Trinajstić information content (AvgIpc) is 2.07. The highest BCUT2D eigenvalue weighted by Gasteiger charge is 2.31. The Bertz CT molecular complexity index is 184. The second-order valence-electron chi connectivity index (χ2n) is 4.68. The van der Waals surface area contributed by atoms with Crippen LogP contribution in [0.3, 0.4) is 0 Å². The summed E-state index contributed by atoms with van der Waals surface area (Å²) < 4.78 is 0. The average molecular weight is 178 g/mol. The molecule has 1 aliphatic rings. The Kier molecular flexibility index (Phi) is 3.77. The van der Waals surface area contributed by atoms with Crippen LogP contribution in [0.2, 0.25) is 0 Å². The second-order valence-corrected chi connectivity index (χ2v) is 4.68.